The van der Waals surface area contributed by atoms with Crippen LogP contribution in [-0.4, -0.2) is 50.6 Å². The van der Waals surface area contributed by atoms with Crippen molar-refractivity contribution < 1.29 is 36.9 Å². The van der Waals surface area contributed by atoms with Gasteiger partial charge in [-0.3, -0.25) is 10.2 Å². The number of benzene rings is 2. The molecule has 2 aromatic rings. The van der Waals surface area contributed by atoms with Gasteiger partial charge < -0.3 is 23.8 Å². The maximum absolute atomic E-state index is 13.8. The number of halogens is 3. The first kappa shape index (κ1) is 19.1. The van der Waals surface area contributed by atoms with Crippen molar-refractivity contribution in [2.45, 2.75) is 17.8 Å². The molecule has 166 valence electrons. The molecule has 1 N–H and O–H groups in total. The molecule has 11 heteroatoms. The predicted molar refractivity (Wildman–Crippen MR) is 104 cm³/mol. The summed E-state index contributed by atoms with van der Waals surface area (Å²) < 4.78 is 60.9. The van der Waals surface area contributed by atoms with Gasteiger partial charge in [-0.2, -0.15) is 13.2 Å². The third-order valence-electron chi connectivity index (χ3n) is 5.96. The lowest BCUT2D eigenvalue weighted by Crippen LogP contribution is -2.45. The molecule has 0 bridgehead atoms. The number of hydrogen-bond donors (Lipinski definition) is 1. The summed E-state index contributed by atoms with van der Waals surface area (Å²) in [5.41, 5.74) is 2.64. The molecule has 8 nitrogen and oxygen atoms in total. The number of anilines is 1. The Labute approximate surface area is 179 Å². The Balaban J connectivity index is 1.39. The van der Waals surface area contributed by atoms with Crippen LogP contribution < -0.4 is 24.5 Å². The molecule has 0 saturated heterocycles. The molecule has 0 radical (unpaired) electrons. The van der Waals surface area contributed by atoms with E-state index in [2.05, 4.69) is 5.10 Å². The number of amides is 1. The van der Waals surface area contributed by atoms with E-state index in [0.717, 1.165) is 0 Å². The molecule has 6 rings (SSSR count). The Bertz CT molecular complexity index is 1170. The van der Waals surface area contributed by atoms with Crippen molar-refractivity contribution >= 4 is 17.5 Å². The van der Waals surface area contributed by atoms with Gasteiger partial charge >= 0.3 is 6.18 Å². The zero-order valence-electron chi connectivity index (χ0n) is 16.4. The van der Waals surface area contributed by atoms with Gasteiger partial charge in [-0.1, -0.05) is 18.2 Å². The van der Waals surface area contributed by atoms with Gasteiger partial charge in [0.25, 0.3) is 6.23 Å². The van der Waals surface area contributed by atoms with Crippen LogP contribution in [0.5, 0.6) is 17.2 Å². The molecule has 0 aliphatic carbocycles. The summed E-state index contributed by atoms with van der Waals surface area (Å²) in [6.07, 6.45) is -6.86. The minimum absolute atomic E-state index is 0.0499. The van der Waals surface area contributed by atoms with Crippen LogP contribution in [0.25, 0.3) is 0 Å². The van der Waals surface area contributed by atoms with E-state index in [1.54, 1.807) is 30.3 Å². The fraction of sp³-hybridized carbons (Fsp3) is 0.333. The molecule has 1 spiro atoms. The summed E-state index contributed by atoms with van der Waals surface area (Å²) in [5, 5.41) is 3.63. The monoisotopic (exact) mass is 447 g/mol. The van der Waals surface area contributed by atoms with E-state index in [9.17, 15) is 18.0 Å². The standard InChI is InChI=1S/C21H16F3N3O5/c22-21(23,24)18-26-25-17(32-18)9-27-13-4-2-1-3-11(13)20(19(27)28)10-31-14-8-16-15(7-12(14)20)29-5-6-30-16/h1-4,7-8,18,26H,5-6,9-10H2. The Morgan fingerprint density at radius 3 is 2.56 bits per heavy atom. The van der Waals surface area contributed by atoms with Gasteiger partial charge in [-0.05, 0) is 17.7 Å². The van der Waals surface area contributed by atoms with Gasteiger partial charge in [0.05, 0.1) is 0 Å². The topological polar surface area (TPSA) is 81.6 Å². The molecule has 4 aliphatic rings. The fourth-order valence-corrected chi connectivity index (χ4v) is 4.54. The van der Waals surface area contributed by atoms with Crippen molar-refractivity contribution in [2.24, 2.45) is 5.10 Å². The smallest absolute Gasteiger partial charge is 0.446 e. The highest BCUT2D eigenvalue weighted by atomic mass is 19.4. The highest BCUT2D eigenvalue weighted by Gasteiger charge is 2.58. The van der Waals surface area contributed by atoms with Crippen molar-refractivity contribution in [3.8, 4) is 17.2 Å². The molecular formula is C21H16F3N3O5. The van der Waals surface area contributed by atoms with Crippen LogP contribution in [0.2, 0.25) is 0 Å². The molecule has 4 heterocycles. The predicted octanol–water partition coefficient (Wildman–Crippen LogP) is 2.30. The normalized spacial score (nSPS) is 25.1. The summed E-state index contributed by atoms with van der Waals surface area (Å²) >= 11 is 0. The van der Waals surface area contributed by atoms with Gasteiger partial charge in [0.15, 0.2) is 11.5 Å². The van der Waals surface area contributed by atoms with E-state index in [-0.39, 0.29) is 25.0 Å². The molecule has 2 aromatic carbocycles. The number of hydrogen-bond acceptors (Lipinski definition) is 7. The first-order valence-corrected chi connectivity index (χ1v) is 9.92. The summed E-state index contributed by atoms with van der Waals surface area (Å²) in [4.78, 5) is 15.2. The van der Waals surface area contributed by atoms with Crippen molar-refractivity contribution in [2.75, 3.05) is 31.3 Å². The lowest BCUT2D eigenvalue weighted by Gasteiger charge is -2.24. The highest BCUT2D eigenvalue weighted by molar-refractivity contribution is 6.13. The molecule has 32 heavy (non-hydrogen) atoms. The molecule has 0 fully saturated rings. The van der Waals surface area contributed by atoms with Crippen LogP contribution in [0.3, 0.4) is 0 Å². The van der Waals surface area contributed by atoms with E-state index in [0.29, 0.717) is 47.3 Å². The average molecular weight is 447 g/mol. The van der Waals surface area contributed by atoms with Crippen LogP contribution in [0.1, 0.15) is 11.1 Å². The molecule has 2 atom stereocenters. The zero-order valence-corrected chi connectivity index (χ0v) is 16.4. The summed E-state index contributed by atoms with van der Waals surface area (Å²) in [7, 11) is 0. The first-order chi connectivity index (χ1) is 15.4. The number of carbonyl (C=O) groups excluding carboxylic acids is 1. The van der Waals surface area contributed by atoms with Crippen LogP contribution in [0, 0.1) is 0 Å². The zero-order chi connectivity index (χ0) is 22.1. The quantitative estimate of drug-likeness (QED) is 0.761. The summed E-state index contributed by atoms with van der Waals surface area (Å²) in [6, 6.07) is 10.6. The van der Waals surface area contributed by atoms with Gasteiger partial charge in [0.2, 0.25) is 11.8 Å². The van der Waals surface area contributed by atoms with E-state index in [1.165, 1.54) is 4.90 Å². The molecule has 2 unspecified atom stereocenters. The van der Waals surface area contributed by atoms with Crippen LogP contribution >= 0.6 is 0 Å². The van der Waals surface area contributed by atoms with Crippen LogP contribution in [-0.2, 0) is 14.9 Å². The number of rotatable bonds is 2. The Morgan fingerprint density at radius 2 is 1.81 bits per heavy atom. The molecule has 0 saturated carbocycles. The van der Waals surface area contributed by atoms with Gasteiger partial charge in [0.1, 0.15) is 37.5 Å². The molecular weight excluding hydrogens is 431 g/mol. The van der Waals surface area contributed by atoms with E-state index >= 15 is 0 Å². The third kappa shape index (κ3) is 2.56. The van der Waals surface area contributed by atoms with E-state index in [1.807, 2.05) is 11.5 Å². The SMILES string of the molecule is O=C1N(CC2=NNC(C(F)(F)F)O2)c2ccccc2C12COc1cc3c(cc12)OCCO3. The number of alkyl halides is 3. The van der Waals surface area contributed by atoms with Gasteiger partial charge in [-0.15, -0.1) is 5.10 Å². The highest BCUT2D eigenvalue weighted by Crippen LogP contribution is 2.54. The number of hydrazone groups is 1. The number of ether oxygens (including phenoxy) is 4. The van der Waals surface area contributed by atoms with Crippen LogP contribution in [0.15, 0.2) is 41.5 Å². The maximum atomic E-state index is 13.8. The second-order valence-electron chi connectivity index (χ2n) is 7.77. The maximum Gasteiger partial charge on any atom is 0.446 e. The number of nitrogens with zero attached hydrogens (tertiary/aromatic N) is 2. The Hall–Kier alpha value is -3.63. The van der Waals surface area contributed by atoms with Crippen LogP contribution in [0.4, 0.5) is 18.9 Å². The Kier molecular flexibility index (Phi) is 3.84. The molecule has 1 amide bonds. The largest absolute Gasteiger partial charge is 0.491 e. The Morgan fingerprint density at radius 1 is 1.06 bits per heavy atom. The van der Waals surface area contributed by atoms with Crippen molar-refractivity contribution in [1.82, 2.24) is 5.43 Å². The van der Waals surface area contributed by atoms with E-state index < -0.39 is 17.8 Å². The summed E-state index contributed by atoms with van der Waals surface area (Å²) in [6.45, 7) is 0.605. The molecule has 0 aromatic heterocycles. The minimum Gasteiger partial charge on any atom is -0.491 e. The third-order valence-corrected chi connectivity index (χ3v) is 5.96. The fourth-order valence-electron chi connectivity index (χ4n) is 4.54. The lowest BCUT2D eigenvalue weighted by molar-refractivity contribution is -0.202. The molecule has 4 aliphatic heterocycles. The second kappa shape index (κ2) is 6.44. The number of fused-ring (bicyclic) bond motifs is 5. The lowest BCUT2D eigenvalue weighted by atomic mass is 9.77. The second-order valence-corrected chi connectivity index (χ2v) is 7.77. The number of nitrogens with one attached hydrogen (secondary N) is 1. The summed E-state index contributed by atoms with van der Waals surface area (Å²) in [5.74, 6) is 1.00. The van der Waals surface area contributed by atoms with Crippen molar-refractivity contribution in [3.63, 3.8) is 0 Å². The average Bonchev–Trinajstić information content (AvgIpc) is 3.46. The number of para-hydroxylation sites is 1. The van der Waals surface area contributed by atoms with Crippen molar-refractivity contribution in [3.05, 3.63) is 47.5 Å². The number of carbonyl (C=O) groups is 1. The van der Waals surface area contributed by atoms with E-state index in [4.69, 9.17) is 18.9 Å². The first-order valence-electron chi connectivity index (χ1n) is 9.92. The van der Waals surface area contributed by atoms with Gasteiger partial charge in [0, 0.05) is 17.3 Å². The van der Waals surface area contributed by atoms with Crippen molar-refractivity contribution in [1.29, 1.82) is 0 Å². The van der Waals surface area contributed by atoms with Gasteiger partial charge in [-0.25, -0.2) is 0 Å². The minimum atomic E-state index is -4.63.